The molecule has 0 heterocycles. The minimum Gasteiger partial charge on any atom is -0.490 e. The van der Waals surface area contributed by atoms with Crippen molar-refractivity contribution >= 4 is 17.7 Å². The van der Waals surface area contributed by atoms with Crippen molar-refractivity contribution in [2.45, 2.75) is 73.3 Å². The van der Waals surface area contributed by atoms with E-state index in [1.807, 2.05) is 45.0 Å². The Morgan fingerprint density at radius 3 is 2.17 bits per heavy atom. The van der Waals surface area contributed by atoms with E-state index < -0.39 is 11.7 Å². The molecule has 0 bridgehead atoms. The largest absolute Gasteiger partial charge is 0.490 e. The van der Waals surface area contributed by atoms with Crippen LogP contribution in [0.15, 0.2) is 24.3 Å². The maximum atomic E-state index is 11.9. The van der Waals surface area contributed by atoms with E-state index in [0.29, 0.717) is 25.4 Å². The number of rotatable bonds is 12. The second kappa shape index (κ2) is 15.5. The van der Waals surface area contributed by atoms with Crippen LogP contribution in [0.2, 0.25) is 0 Å². The van der Waals surface area contributed by atoms with E-state index in [2.05, 4.69) is 19.2 Å². The van der Waals surface area contributed by atoms with Gasteiger partial charge in [-0.1, -0.05) is 39.8 Å². The van der Waals surface area contributed by atoms with Gasteiger partial charge in [0.2, 0.25) is 5.78 Å². The van der Waals surface area contributed by atoms with Crippen LogP contribution in [0.3, 0.4) is 0 Å². The van der Waals surface area contributed by atoms with Crippen LogP contribution in [-0.4, -0.2) is 36.9 Å². The normalized spacial score (nSPS) is 11.1. The minimum absolute atomic E-state index is 0.130. The Hall–Kier alpha value is -2.37. The first kappa shape index (κ1) is 26.6. The summed E-state index contributed by atoms with van der Waals surface area (Å²) in [7, 11) is 0. The molecule has 0 aromatic heterocycles. The van der Waals surface area contributed by atoms with Gasteiger partial charge in [-0.15, -0.1) is 0 Å². The zero-order valence-corrected chi connectivity index (χ0v) is 18.7. The van der Waals surface area contributed by atoms with Crippen molar-refractivity contribution in [1.82, 2.24) is 5.32 Å². The van der Waals surface area contributed by atoms with Crippen LogP contribution in [0.4, 0.5) is 0 Å². The molecule has 1 unspecified atom stereocenters. The molecule has 1 atom stereocenters. The number of nitrogens with one attached hydrogen (secondary N) is 1. The first-order valence-electron chi connectivity index (χ1n) is 10.6. The van der Waals surface area contributed by atoms with Gasteiger partial charge >= 0.3 is 5.97 Å². The number of esters is 1. The molecule has 0 aliphatic rings. The van der Waals surface area contributed by atoms with Crippen LogP contribution in [0, 0.1) is 5.92 Å². The Kier molecular flexibility index (Phi) is 14.3. The van der Waals surface area contributed by atoms with E-state index in [-0.39, 0.29) is 31.5 Å². The fourth-order valence-electron chi connectivity index (χ4n) is 2.22. The molecule has 0 spiro atoms. The molecule has 1 aromatic carbocycles. The van der Waals surface area contributed by atoms with Crippen molar-refractivity contribution in [3.05, 3.63) is 29.8 Å². The van der Waals surface area contributed by atoms with Crippen molar-refractivity contribution in [2.75, 3.05) is 13.2 Å². The Labute approximate surface area is 175 Å². The summed E-state index contributed by atoms with van der Waals surface area (Å²) in [5.41, 5.74) is 0.975. The van der Waals surface area contributed by atoms with Gasteiger partial charge < -0.3 is 14.8 Å². The average Bonchev–Trinajstić information content (AvgIpc) is 2.71. The van der Waals surface area contributed by atoms with E-state index in [1.165, 1.54) is 0 Å². The van der Waals surface area contributed by atoms with Crippen molar-refractivity contribution in [3.63, 3.8) is 0 Å². The van der Waals surface area contributed by atoms with Gasteiger partial charge in [0.25, 0.3) is 5.91 Å². The molecule has 1 amide bonds. The number of Topliss-reactive ketones (excluding diaryl/α,β-unsaturated/α-hetero) is 1. The van der Waals surface area contributed by atoms with Crippen LogP contribution in [0.1, 0.15) is 66.4 Å². The zero-order chi connectivity index (χ0) is 22.2. The fraction of sp³-hybridized carbons (Fsp3) is 0.609. The van der Waals surface area contributed by atoms with Crippen molar-refractivity contribution < 1.29 is 23.9 Å². The number of ether oxygens (including phenoxy) is 2. The summed E-state index contributed by atoms with van der Waals surface area (Å²) in [4.78, 5) is 34.9. The molecule has 0 aliphatic heterocycles. The lowest BCUT2D eigenvalue weighted by molar-refractivity contribution is -0.143. The van der Waals surface area contributed by atoms with Gasteiger partial charge in [-0.25, -0.2) is 0 Å². The molecule has 164 valence electrons. The van der Waals surface area contributed by atoms with Crippen LogP contribution in [-0.2, 0) is 25.5 Å². The van der Waals surface area contributed by atoms with Gasteiger partial charge in [0.15, 0.2) is 0 Å². The second-order valence-electron chi connectivity index (χ2n) is 6.80. The van der Waals surface area contributed by atoms with Gasteiger partial charge in [0, 0.05) is 19.4 Å². The lowest BCUT2D eigenvalue weighted by atomic mass is 10.1. The van der Waals surface area contributed by atoms with Crippen LogP contribution < -0.4 is 10.1 Å². The number of hydrogen-bond acceptors (Lipinski definition) is 5. The molecular formula is C23H37NO5. The number of benzene rings is 1. The summed E-state index contributed by atoms with van der Waals surface area (Å²) in [5, 5.41) is 2.54. The maximum Gasteiger partial charge on any atom is 0.305 e. The Morgan fingerprint density at radius 2 is 1.62 bits per heavy atom. The van der Waals surface area contributed by atoms with E-state index in [4.69, 9.17) is 9.47 Å². The van der Waals surface area contributed by atoms with Crippen LogP contribution in [0.25, 0.3) is 0 Å². The van der Waals surface area contributed by atoms with E-state index in [1.54, 1.807) is 6.92 Å². The molecule has 0 aliphatic carbocycles. The summed E-state index contributed by atoms with van der Waals surface area (Å²) < 4.78 is 10.6. The molecule has 0 saturated heterocycles. The molecule has 0 saturated carbocycles. The first-order chi connectivity index (χ1) is 13.8. The zero-order valence-electron chi connectivity index (χ0n) is 18.7. The maximum absolute atomic E-state index is 11.9. The third kappa shape index (κ3) is 11.9. The van der Waals surface area contributed by atoms with Gasteiger partial charge in [-0.05, 0) is 50.3 Å². The predicted molar refractivity (Wildman–Crippen MR) is 115 cm³/mol. The minimum atomic E-state index is -0.607. The Balaban J connectivity index is 0.00000379. The van der Waals surface area contributed by atoms with Crippen LogP contribution in [0.5, 0.6) is 5.75 Å². The lowest BCUT2D eigenvalue weighted by Gasteiger charge is -2.18. The summed E-state index contributed by atoms with van der Waals surface area (Å²) in [6.07, 6.45) is 1.45. The second-order valence-corrected chi connectivity index (χ2v) is 6.80. The highest BCUT2D eigenvalue weighted by molar-refractivity contribution is 6.36. The van der Waals surface area contributed by atoms with Crippen LogP contribution >= 0.6 is 0 Å². The fourth-order valence-corrected chi connectivity index (χ4v) is 2.22. The Morgan fingerprint density at radius 1 is 1.00 bits per heavy atom. The van der Waals surface area contributed by atoms with Crippen molar-refractivity contribution in [3.8, 4) is 5.75 Å². The first-order valence-corrected chi connectivity index (χ1v) is 10.6. The number of hydrogen-bond donors (Lipinski definition) is 1. The molecule has 1 N–H and O–H groups in total. The number of carbonyl (C=O) groups is 3. The van der Waals surface area contributed by atoms with E-state index >= 15 is 0 Å². The molecule has 6 nitrogen and oxygen atoms in total. The molecule has 0 fully saturated rings. The monoisotopic (exact) mass is 407 g/mol. The van der Waals surface area contributed by atoms with Gasteiger partial charge in [-0.2, -0.15) is 0 Å². The third-order valence-corrected chi connectivity index (χ3v) is 4.23. The van der Waals surface area contributed by atoms with Gasteiger partial charge in [0.05, 0.1) is 12.7 Å². The third-order valence-electron chi connectivity index (χ3n) is 4.23. The quantitative estimate of drug-likeness (QED) is 0.320. The van der Waals surface area contributed by atoms with Gasteiger partial charge in [-0.3, -0.25) is 14.4 Å². The molecule has 1 aromatic rings. The number of aryl methyl sites for hydroxylation is 1. The Bertz CT molecular complexity index is 610. The van der Waals surface area contributed by atoms with E-state index in [0.717, 1.165) is 11.3 Å². The number of ketones is 1. The van der Waals surface area contributed by atoms with Crippen molar-refractivity contribution in [2.24, 2.45) is 5.92 Å². The van der Waals surface area contributed by atoms with Gasteiger partial charge in [0.1, 0.15) is 5.75 Å². The summed E-state index contributed by atoms with van der Waals surface area (Å²) >= 11 is 0. The molecule has 1 rings (SSSR count). The highest BCUT2D eigenvalue weighted by atomic mass is 16.5. The smallest absolute Gasteiger partial charge is 0.305 e. The number of carbonyl (C=O) groups excluding carboxylic acids is 3. The predicted octanol–water partition coefficient (Wildman–Crippen LogP) is 4.10. The summed E-state index contributed by atoms with van der Waals surface area (Å²) in [6.45, 7) is 12.6. The molecular weight excluding hydrogens is 370 g/mol. The van der Waals surface area contributed by atoms with Crippen molar-refractivity contribution in [1.29, 1.82) is 0 Å². The standard InChI is InChI=1S/C21H31NO5.C2H6/c1-5-26-20(24)7-6-14-22-21(25)19(23)13-10-17-8-11-18(12-9-17)27-16(4)15(2)3;1-2/h8-9,11-12,15-16H,5-7,10,13-14H2,1-4H3,(H,22,25);1-2H3. The highest BCUT2D eigenvalue weighted by Crippen LogP contribution is 2.17. The lowest BCUT2D eigenvalue weighted by Crippen LogP contribution is -2.32. The molecule has 6 heteroatoms. The summed E-state index contributed by atoms with van der Waals surface area (Å²) in [6, 6.07) is 7.59. The topological polar surface area (TPSA) is 81.7 Å². The number of amides is 1. The SMILES string of the molecule is CC.CCOC(=O)CCCNC(=O)C(=O)CCc1ccc(OC(C)C(C)C)cc1. The average molecular weight is 408 g/mol. The molecule has 29 heavy (non-hydrogen) atoms. The van der Waals surface area contributed by atoms with E-state index in [9.17, 15) is 14.4 Å². The highest BCUT2D eigenvalue weighted by Gasteiger charge is 2.13. The summed E-state index contributed by atoms with van der Waals surface area (Å²) in [5.74, 6) is -0.138. The molecule has 0 radical (unpaired) electrons.